The first-order valence-corrected chi connectivity index (χ1v) is 8.66. The number of hydrogen-bond donors (Lipinski definition) is 3. The summed E-state index contributed by atoms with van der Waals surface area (Å²) in [5, 5.41) is 14.9. The van der Waals surface area contributed by atoms with Crippen LogP contribution in [0.25, 0.3) is 10.8 Å². The molecule has 7 nitrogen and oxygen atoms in total. The van der Waals surface area contributed by atoms with Crippen molar-refractivity contribution in [2.24, 2.45) is 0 Å². The lowest BCUT2D eigenvalue weighted by Gasteiger charge is -2.18. The van der Waals surface area contributed by atoms with Crippen molar-refractivity contribution < 1.29 is 9.84 Å². The van der Waals surface area contributed by atoms with Crippen molar-refractivity contribution >= 4 is 36.0 Å². The van der Waals surface area contributed by atoms with Crippen LogP contribution >= 0.6 is 13.5 Å². The Morgan fingerprint density at radius 2 is 2.04 bits per heavy atom. The van der Waals surface area contributed by atoms with Crippen LogP contribution in [0.4, 0.5) is 11.8 Å². The second-order valence-corrected chi connectivity index (χ2v) is 6.02. The normalized spacial score (nSPS) is 11.6. The van der Waals surface area contributed by atoms with Crippen molar-refractivity contribution in [3.05, 3.63) is 48.4 Å². The Kier molecular flexibility index (Phi) is 7.63. The Bertz CT molecular complexity index is 872. The van der Waals surface area contributed by atoms with Crippen molar-refractivity contribution in [1.82, 2.24) is 15.0 Å². The van der Waals surface area contributed by atoms with Crippen LogP contribution in [0.3, 0.4) is 0 Å². The minimum Gasteiger partial charge on any atom is -0.482 e. The van der Waals surface area contributed by atoms with Crippen molar-refractivity contribution in [3.8, 4) is 5.75 Å². The number of fused-ring (bicyclic) bond motifs is 1. The molecule has 0 bridgehead atoms. The van der Waals surface area contributed by atoms with Gasteiger partial charge in [-0.25, -0.2) is 4.98 Å². The molecule has 0 saturated carbocycles. The monoisotopic (exact) mass is 387 g/mol. The van der Waals surface area contributed by atoms with Crippen molar-refractivity contribution in [2.45, 2.75) is 32.4 Å². The summed E-state index contributed by atoms with van der Waals surface area (Å²) in [5.74, 6) is 1.10. The first-order valence-electron chi connectivity index (χ1n) is 8.66. The molecule has 8 heteroatoms. The number of aliphatic hydroxyl groups excluding tert-OH is 1. The fraction of sp³-hybridized carbons (Fsp3) is 0.316. The summed E-state index contributed by atoms with van der Waals surface area (Å²) in [5.41, 5.74) is 6.54. The Hall–Kier alpha value is -2.58. The molecule has 0 aliphatic rings. The van der Waals surface area contributed by atoms with Crippen LogP contribution in [0.15, 0.2) is 42.7 Å². The minimum atomic E-state index is -0.118. The van der Waals surface area contributed by atoms with E-state index in [1.54, 1.807) is 6.20 Å². The quantitative estimate of drug-likeness (QED) is 0.546. The summed E-state index contributed by atoms with van der Waals surface area (Å²) in [6.07, 6.45) is 5.05. The summed E-state index contributed by atoms with van der Waals surface area (Å²) in [6, 6.07) is 9.87. The summed E-state index contributed by atoms with van der Waals surface area (Å²) in [6.45, 7) is 2.34. The number of ether oxygens (including phenoxy) is 1. The molecule has 0 saturated heterocycles. The van der Waals surface area contributed by atoms with E-state index >= 15 is 0 Å². The first-order chi connectivity index (χ1) is 12.7. The molecule has 3 rings (SSSR count). The van der Waals surface area contributed by atoms with E-state index in [0.29, 0.717) is 11.6 Å². The zero-order chi connectivity index (χ0) is 18.4. The number of hydrogen-bond acceptors (Lipinski definition) is 7. The highest BCUT2D eigenvalue weighted by Gasteiger charge is 2.14. The molecular weight excluding hydrogens is 362 g/mol. The van der Waals surface area contributed by atoms with Crippen LogP contribution in [0.1, 0.15) is 25.5 Å². The van der Waals surface area contributed by atoms with Gasteiger partial charge in [-0.2, -0.15) is 18.5 Å². The van der Waals surface area contributed by atoms with Crippen LogP contribution in [-0.2, 0) is 6.61 Å². The lowest BCUT2D eigenvalue weighted by atomic mass is 10.1. The standard InChI is InChI=1S/C19H23N5O2.H2S/c1-2-5-14(11-25)23-18-17(10-22-19(20)24-18)26-12-16-15-7-4-3-6-13(15)8-9-21-16;/h3-4,6-10,14,25H,2,5,11-12H2,1H3,(H3,20,22,23,24);1H2/t14-;/m0./s1. The van der Waals surface area contributed by atoms with Gasteiger partial charge >= 0.3 is 0 Å². The Morgan fingerprint density at radius 3 is 2.81 bits per heavy atom. The van der Waals surface area contributed by atoms with E-state index < -0.39 is 0 Å². The van der Waals surface area contributed by atoms with Gasteiger partial charge in [-0.1, -0.05) is 37.6 Å². The average molecular weight is 388 g/mol. The maximum absolute atomic E-state index is 9.52. The van der Waals surface area contributed by atoms with E-state index in [4.69, 9.17) is 10.5 Å². The van der Waals surface area contributed by atoms with Gasteiger partial charge in [0, 0.05) is 11.6 Å². The van der Waals surface area contributed by atoms with E-state index in [0.717, 1.165) is 29.3 Å². The molecule has 1 atom stereocenters. The third-order valence-corrected chi connectivity index (χ3v) is 4.09. The molecule has 0 amide bonds. The number of nitrogens with two attached hydrogens (primary N) is 1. The molecule has 3 aromatic rings. The van der Waals surface area contributed by atoms with Gasteiger partial charge in [0.2, 0.25) is 5.95 Å². The second-order valence-electron chi connectivity index (χ2n) is 6.02. The second kappa shape index (κ2) is 9.94. The third kappa shape index (κ3) is 5.21. The van der Waals surface area contributed by atoms with Crippen molar-refractivity contribution in [3.63, 3.8) is 0 Å². The van der Waals surface area contributed by atoms with Gasteiger partial charge in [-0.15, -0.1) is 0 Å². The number of aliphatic hydroxyl groups is 1. The smallest absolute Gasteiger partial charge is 0.222 e. The molecule has 27 heavy (non-hydrogen) atoms. The van der Waals surface area contributed by atoms with E-state index in [-0.39, 0.29) is 38.7 Å². The van der Waals surface area contributed by atoms with E-state index in [1.807, 2.05) is 30.3 Å². The van der Waals surface area contributed by atoms with Crippen LogP contribution in [0, 0.1) is 0 Å². The topological polar surface area (TPSA) is 106 Å². The highest BCUT2D eigenvalue weighted by molar-refractivity contribution is 7.59. The average Bonchev–Trinajstić information content (AvgIpc) is 2.67. The molecule has 0 fully saturated rings. The number of pyridine rings is 1. The molecule has 0 aliphatic heterocycles. The van der Waals surface area contributed by atoms with Crippen LogP contribution in [-0.4, -0.2) is 32.7 Å². The van der Waals surface area contributed by atoms with Crippen molar-refractivity contribution in [1.29, 1.82) is 0 Å². The maximum atomic E-state index is 9.52. The van der Waals surface area contributed by atoms with Gasteiger partial charge in [0.1, 0.15) is 6.61 Å². The molecule has 1 aromatic carbocycles. The Morgan fingerprint density at radius 1 is 1.22 bits per heavy atom. The van der Waals surface area contributed by atoms with E-state index in [9.17, 15) is 5.11 Å². The van der Waals surface area contributed by atoms with Gasteiger partial charge in [-0.3, -0.25) is 4.98 Å². The number of nitrogens with one attached hydrogen (secondary N) is 1. The maximum Gasteiger partial charge on any atom is 0.222 e. The first kappa shape index (κ1) is 20.7. The Labute approximate surface area is 165 Å². The summed E-state index contributed by atoms with van der Waals surface area (Å²) in [7, 11) is 0. The van der Waals surface area contributed by atoms with Crippen molar-refractivity contribution in [2.75, 3.05) is 17.7 Å². The molecule has 0 unspecified atom stereocenters. The van der Waals surface area contributed by atoms with Crippen LogP contribution in [0.2, 0.25) is 0 Å². The zero-order valence-corrected chi connectivity index (χ0v) is 16.2. The molecule has 2 heterocycles. The van der Waals surface area contributed by atoms with Gasteiger partial charge in [0.25, 0.3) is 0 Å². The summed E-state index contributed by atoms with van der Waals surface area (Å²) < 4.78 is 5.92. The van der Waals surface area contributed by atoms with Gasteiger partial charge in [-0.05, 0) is 17.9 Å². The molecule has 0 aliphatic carbocycles. The third-order valence-electron chi connectivity index (χ3n) is 4.09. The van der Waals surface area contributed by atoms with Gasteiger partial charge in [0.15, 0.2) is 11.6 Å². The van der Waals surface area contributed by atoms with E-state index in [1.165, 1.54) is 6.20 Å². The molecule has 0 radical (unpaired) electrons. The fourth-order valence-corrected chi connectivity index (χ4v) is 2.79. The molecule has 144 valence electrons. The highest BCUT2D eigenvalue weighted by Crippen LogP contribution is 2.25. The summed E-state index contributed by atoms with van der Waals surface area (Å²) >= 11 is 0. The van der Waals surface area contributed by atoms with Gasteiger partial charge < -0.3 is 20.9 Å². The fourth-order valence-electron chi connectivity index (χ4n) is 2.79. The van der Waals surface area contributed by atoms with Crippen LogP contribution < -0.4 is 15.8 Å². The molecular formula is C19H25N5O2S. The summed E-state index contributed by atoms with van der Waals surface area (Å²) in [4.78, 5) is 12.7. The number of anilines is 2. The lowest BCUT2D eigenvalue weighted by Crippen LogP contribution is -2.24. The molecule has 2 aromatic heterocycles. The number of aromatic nitrogens is 3. The molecule has 4 N–H and O–H groups in total. The number of nitrogens with zero attached hydrogens (tertiary/aromatic N) is 3. The van der Waals surface area contributed by atoms with Gasteiger partial charge in [0.05, 0.1) is 24.5 Å². The number of benzene rings is 1. The highest BCUT2D eigenvalue weighted by atomic mass is 32.1. The zero-order valence-electron chi connectivity index (χ0n) is 15.2. The lowest BCUT2D eigenvalue weighted by molar-refractivity contribution is 0.266. The predicted molar refractivity (Wildman–Crippen MR) is 112 cm³/mol. The SMILES string of the molecule is CCC[C@@H](CO)Nc1nc(N)ncc1OCc1nccc2ccccc12.S. The largest absolute Gasteiger partial charge is 0.482 e. The minimum absolute atomic E-state index is 0. The Balaban J connectivity index is 0.00000261. The van der Waals surface area contributed by atoms with Crippen LogP contribution in [0.5, 0.6) is 5.75 Å². The molecule has 0 spiro atoms. The number of rotatable bonds is 8. The number of nitrogen functional groups attached to an aromatic ring is 1. The van der Waals surface area contributed by atoms with E-state index in [2.05, 4.69) is 27.2 Å². The predicted octanol–water partition coefficient (Wildman–Crippen LogP) is 2.87.